The lowest BCUT2D eigenvalue weighted by Crippen LogP contribution is -2.06. The summed E-state index contributed by atoms with van der Waals surface area (Å²) in [6, 6.07) is 12.6. The fraction of sp³-hybridized carbons (Fsp3) is 0.125. The number of ether oxygens (including phenoxy) is 2. The largest absolute Gasteiger partial charge is 0.494 e. The van der Waals surface area contributed by atoms with E-state index in [4.69, 9.17) is 14.7 Å². The Morgan fingerprint density at radius 3 is 2.71 bits per heavy atom. The standard InChI is InChI=1S/C16H12FNO3/c1-20-15-7-6-11(8-14(15)17)16(19)21-10-13-5-3-2-4-12(13)9-18/h2-8H,10H2,1H3. The second-order valence-electron chi connectivity index (χ2n) is 4.19. The van der Waals surface area contributed by atoms with Crippen LogP contribution in [0.15, 0.2) is 42.5 Å². The first-order valence-corrected chi connectivity index (χ1v) is 6.14. The highest BCUT2D eigenvalue weighted by atomic mass is 19.1. The Bertz CT molecular complexity index is 707. The molecule has 0 aliphatic heterocycles. The van der Waals surface area contributed by atoms with Gasteiger partial charge < -0.3 is 9.47 Å². The second kappa shape index (κ2) is 6.53. The van der Waals surface area contributed by atoms with Gasteiger partial charge in [-0.2, -0.15) is 5.26 Å². The first-order valence-electron chi connectivity index (χ1n) is 6.14. The van der Waals surface area contributed by atoms with Crippen LogP contribution in [0.2, 0.25) is 0 Å². The molecule has 0 aliphatic carbocycles. The first kappa shape index (κ1) is 14.5. The van der Waals surface area contributed by atoms with E-state index in [1.165, 1.54) is 19.2 Å². The normalized spacial score (nSPS) is 9.76. The van der Waals surface area contributed by atoms with Gasteiger partial charge in [-0.3, -0.25) is 0 Å². The lowest BCUT2D eigenvalue weighted by molar-refractivity contribution is 0.0472. The van der Waals surface area contributed by atoms with E-state index >= 15 is 0 Å². The summed E-state index contributed by atoms with van der Waals surface area (Å²) in [6.45, 7) is -0.0454. The molecule has 0 unspecified atom stereocenters. The predicted molar refractivity (Wildman–Crippen MR) is 73.2 cm³/mol. The Morgan fingerprint density at radius 1 is 1.29 bits per heavy atom. The van der Waals surface area contributed by atoms with Crippen LogP contribution in [0.5, 0.6) is 5.75 Å². The Hall–Kier alpha value is -2.87. The zero-order chi connectivity index (χ0) is 15.2. The van der Waals surface area contributed by atoms with Crippen molar-refractivity contribution in [3.8, 4) is 11.8 Å². The summed E-state index contributed by atoms with van der Waals surface area (Å²) in [5, 5.41) is 8.94. The second-order valence-corrected chi connectivity index (χ2v) is 4.19. The van der Waals surface area contributed by atoms with Crippen LogP contribution in [0.1, 0.15) is 21.5 Å². The molecule has 0 fully saturated rings. The fourth-order valence-electron chi connectivity index (χ4n) is 1.78. The van der Waals surface area contributed by atoms with Crippen molar-refractivity contribution in [2.45, 2.75) is 6.61 Å². The average Bonchev–Trinajstić information content (AvgIpc) is 2.52. The monoisotopic (exact) mass is 285 g/mol. The number of carbonyl (C=O) groups excluding carboxylic acids is 1. The molecule has 106 valence electrons. The topological polar surface area (TPSA) is 59.3 Å². The van der Waals surface area contributed by atoms with Gasteiger partial charge in [0.15, 0.2) is 11.6 Å². The minimum absolute atomic E-state index is 0.0454. The number of esters is 1. The number of carbonyl (C=O) groups is 1. The van der Waals surface area contributed by atoms with Gasteiger partial charge in [0.1, 0.15) is 6.61 Å². The van der Waals surface area contributed by atoms with Crippen molar-refractivity contribution < 1.29 is 18.7 Å². The van der Waals surface area contributed by atoms with Gasteiger partial charge in [-0.1, -0.05) is 18.2 Å². The van der Waals surface area contributed by atoms with Gasteiger partial charge in [0.05, 0.1) is 24.3 Å². The summed E-state index contributed by atoms with van der Waals surface area (Å²) in [7, 11) is 1.34. The van der Waals surface area contributed by atoms with E-state index < -0.39 is 11.8 Å². The molecule has 0 heterocycles. The molecule has 0 aliphatic rings. The zero-order valence-corrected chi connectivity index (χ0v) is 11.3. The van der Waals surface area contributed by atoms with Crippen molar-refractivity contribution in [2.24, 2.45) is 0 Å². The zero-order valence-electron chi connectivity index (χ0n) is 11.3. The predicted octanol–water partition coefficient (Wildman–Crippen LogP) is 3.06. The van der Waals surface area contributed by atoms with E-state index in [0.29, 0.717) is 11.1 Å². The number of halogens is 1. The number of benzene rings is 2. The van der Waals surface area contributed by atoms with Crippen LogP contribution in [0, 0.1) is 17.1 Å². The molecule has 2 rings (SSSR count). The third kappa shape index (κ3) is 3.37. The van der Waals surface area contributed by atoms with Gasteiger partial charge in [0, 0.05) is 5.56 Å². The number of hydrogen-bond acceptors (Lipinski definition) is 4. The molecule has 0 N–H and O–H groups in total. The van der Waals surface area contributed by atoms with Crippen LogP contribution in [-0.2, 0) is 11.3 Å². The van der Waals surface area contributed by atoms with Gasteiger partial charge in [-0.15, -0.1) is 0 Å². The first-order chi connectivity index (χ1) is 10.2. The minimum atomic E-state index is -0.663. The Balaban J connectivity index is 2.09. The fourth-order valence-corrected chi connectivity index (χ4v) is 1.78. The van der Waals surface area contributed by atoms with Crippen molar-refractivity contribution >= 4 is 5.97 Å². The maximum atomic E-state index is 13.5. The molecule has 0 atom stereocenters. The average molecular weight is 285 g/mol. The Kier molecular flexibility index (Phi) is 4.52. The molecule has 0 spiro atoms. The number of nitriles is 1. The molecule has 2 aromatic carbocycles. The quantitative estimate of drug-likeness (QED) is 0.810. The van der Waals surface area contributed by atoms with E-state index in [0.717, 1.165) is 6.07 Å². The van der Waals surface area contributed by atoms with Crippen molar-refractivity contribution in [2.75, 3.05) is 7.11 Å². The maximum absolute atomic E-state index is 13.5. The van der Waals surface area contributed by atoms with Gasteiger partial charge in [0.2, 0.25) is 0 Å². The van der Waals surface area contributed by atoms with Crippen LogP contribution in [0.25, 0.3) is 0 Å². The van der Waals surface area contributed by atoms with Crippen LogP contribution in [0.4, 0.5) is 4.39 Å². The number of hydrogen-bond donors (Lipinski definition) is 0. The lowest BCUT2D eigenvalue weighted by Gasteiger charge is -2.07. The van der Waals surface area contributed by atoms with Crippen molar-refractivity contribution in [1.29, 1.82) is 5.26 Å². The maximum Gasteiger partial charge on any atom is 0.338 e. The summed E-state index contributed by atoms with van der Waals surface area (Å²) in [5.41, 5.74) is 1.12. The van der Waals surface area contributed by atoms with Crippen molar-refractivity contribution in [1.82, 2.24) is 0 Å². The molecule has 21 heavy (non-hydrogen) atoms. The lowest BCUT2D eigenvalue weighted by atomic mass is 10.1. The summed E-state index contributed by atoms with van der Waals surface area (Å²) in [4.78, 5) is 11.9. The van der Waals surface area contributed by atoms with Crippen LogP contribution < -0.4 is 4.74 Å². The van der Waals surface area contributed by atoms with Crippen LogP contribution in [-0.4, -0.2) is 13.1 Å². The third-order valence-electron chi connectivity index (χ3n) is 2.88. The Labute approximate surface area is 121 Å². The number of rotatable bonds is 4. The van der Waals surface area contributed by atoms with Gasteiger partial charge >= 0.3 is 5.97 Å². The van der Waals surface area contributed by atoms with Crippen LogP contribution in [0.3, 0.4) is 0 Å². The molecule has 0 saturated heterocycles. The molecule has 5 heteroatoms. The third-order valence-corrected chi connectivity index (χ3v) is 2.88. The van der Waals surface area contributed by atoms with E-state index in [-0.39, 0.29) is 17.9 Å². The highest BCUT2D eigenvalue weighted by molar-refractivity contribution is 5.89. The minimum Gasteiger partial charge on any atom is -0.494 e. The van der Waals surface area contributed by atoms with E-state index in [9.17, 15) is 9.18 Å². The highest BCUT2D eigenvalue weighted by Gasteiger charge is 2.12. The highest BCUT2D eigenvalue weighted by Crippen LogP contribution is 2.18. The van der Waals surface area contributed by atoms with E-state index in [1.54, 1.807) is 24.3 Å². The van der Waals surface area contributed by atoms with E-state index in [1.807, 2.05) is 6.07 Å². The van der Waals surface area contributed by atoms with Gasteiger partial charge in [-0.05, 0) is 24.3 Å². The summed E-state index contributed by atoms with van der Waals surface area (Å²) < 4.78 is 23.4. The van der Waals surface area contributed by atoms with Gasteiger partial charge in [0.25, 0.3) is 0 Å². The summed E-state index contributed by atoms with van der Waals surface area (Å²) >= 11 is 0. The van der Waals surface area contributed by atoms with Gasteiger partial charge in [-0.25, -0.2) is 9.18 Å². The molecule has 0 bridgehead atoms. The molecular formula is C16H12FNO3. The number of nitrogens with zero attached hydrogens (tertiary/aromatic N) is 1. The molecule has 0 radical (unpaired) electrons. The molecule has 2 aromatic rings. The molecule has 0 amide bonds. The van der Waals surface area contributed by atoms with Crippen LogP contribution >= 0.6 is 0 Å². The van der Waals surface area contributed by atoms with E-state index in [2.05, 4.69) is 0 Å². The number of methoxy groups -OCH3 is 1. The summed E-state index contributed by atoms with van der Waals surface area (Å²) in [6.07, 6.45) is 0. The molecule has 0 saturated carbocycles. The Morgan fingerprint density at radius 2 is 2.05 bits per heavy atom. The smallest absolute Gasteiger partial charge is 0.338 e. The molecule has 0 aromatic heterocycles. The summed E-state index contributed by atoms with van der Waals surface area (Å²) in [5.74, 6) is -1.24. The van der Waals surface area contributed by atoms with Crippen molar-refractivity contribution in [3.63, 3.8) is 0 Å². The molecular weight excluding hydrogens is 273 g/mol. The van der Waals surface area contributed by atoms with Crippen molar-refractivity contribution in [3.05, 3.63) is 65.0 Å². The molecule has 4 nitrogen and oxygen atoms in total. The SMILES string of the molecule is COc1ccc(C(=O)OCc2ccccc2C#N)cc1F.